The highest BCUT2D eigenvalue weighted by atomic mass is 35.5. The number of amides is 2. The summed E-state index contributed by atoms with van der Waals surface area (Å²) in [5.74, 6) is -0.662. The molecule has 0 saturated heterocycles. The summed E-state index contributed by atoms with van der Waals surface area (Å²) in [5, 5.41) is 7.55. The Balaban J connectivity index is 1.69. The first kappa shape index (κ1) is 21.0. The Kier molecular flexibility index (Phi) is 6.36. The summed E-state index contributed by atoms with van der Waals surface area (Å²) >= 11 is 7.73. The molecule has 0 aliphatic heterocycles. The van der Waals surface area contributed by atoms with Crippen LogP contribution in [0.3, 0.4) is 0 Å². The van der Waals surface area contributed by atoms with Gasteiger partial charge in [-0.1, -0.05) is 23.7 Å². The van der Waals surface area contributed by atoms with E-state index < -0.39 is 15.7 Å². The Morgan fingerprint density at radius 2 is 1.83 bits per heavy atom. The fourth-order valence-corrected chi connectivity index (χ4v) is 4.13. The molecule has 1 aromatic heterocycles. The van der Waals surface area contributed by atoms with Gasteiger partial charge < -0.3 is 10.6 Å². The number of hydrogen-bond donors (Lipinski definition) is 2. The molecule has 3 rings (SSSR count). The Morgan fingerprint density at radius 3 is 2.48 bits per heavy atom. The van der Waals surface area contributed by atoms with Gasteiger partial charge >= 0.3 is 0 Å². The Morgan fingerprint density at radius 1 is 1.03 bits per heavy atom. The van der Waals surface area contributed by atoms with Crippen molar-refractivity contribution in [2.24, 2.45) is 0 Å². The van der Waals surface area contributed by atoms with E-state index in [1.807, 2.05) is 17.5 Å². The molecule has 0 radical (unpaired) electrons. The molecule has 0 aliphatic carbocycles. The van der Waals surface area contributed by atoms with E-state index in [2.05, 4.69) is 10.6 Å². The fraction of sp³-hybridized carbons (Fsp3) is 0.100. The molecule has 2 aromatic carbocycles. The molecule has 0 atom stereocenters. The summed E-state index contributed by atoms with van der Waals surface area (Å²) < 4.78 is 23.3. The van der Waals surface area contributed by atoms with Crippen LogP contribution in [0.2, 0.25) is 5.02 Å². The standard InChI is InChI=1S/C20H17ClN2O4S2/c1-29(26,27)16-6-2-4-13(10-16)20(25)23-18-8-7-14(11-17(18)21)22-19(24)12-15-5-3-9-28-15/h2-11H,12H2,1H3,(H,22,24)(H,23,25). The lowest BCUT2D eigenvalue weighted by atomic mass is 10.2. The van der Waals surface area contributed by atoms with E-state index in [1.165, 1.54) is 41.7 Å². The number of halogens is 1. The first-order valence-corrected chi connectivity index (χ1v) is 11.6. The number of benzene rings is 2. The molecule has 2 amide bonds. The van der Waals surface area contributed by atoms with Crippen molar-refractivity contribution >= 4 is 56.0 Å². The van der Waals surface area contributed by atoms with Crippen molar-refractivity contribution in [2.45, 2.75) is 11.3 Å². The molecule has 0 aliphatic rings. The van der Waals surface area contributed by atoms with Crippen molar-refractivity contribution in [2.75, 3.05) is 16.9 Å². The molecule has 3 aromatic rings. The Hall–Kier alpha value is -2.68. The van der Waals surface area contributed by atoms with Gasteiger partial charge in [0, 0.05) is 22.4 Å². The largest absolute Gasteiger partial charge is 0.326 e. The molecular formula is C20H17ClN2O4S2. The maximum atomic E-state index is 12.5. The van der Waals surface area contributed by atoms with Gasteiger partial charge in [-0.25, -0.2) is 8.42 Å². The van der Waals surface area contributed by atoms with Crippen LogP contribution in [0.25, 0.3) is 0 Å². The normalized spacial score (nSPS) is 11.1. The van der Waals surface area contributed by atoms with Crippen LogP contribution >= 0.6 is 22.9 Å². The SMILES string of the molecule is CS(=O)(=O)c1cccc(C(=O)Nc2ccc(NC(=O)Cc3cccs3)cc2Cl)c1. The van der Waals surface area contributed by atoms with Crippen LogP contribution in [0, 0.1) is 0 Å². The average molecular weight is 449 g/mol. The second-order valence-corrected chi connectivity index (χ2v) is 9.71. The summed E-state index contributed by atoms with van der Waals surface area (Å²) in [6.45, 7) is 0. The molecule has 0 saturated carbocycles. The smallest absolute Gasteiger partial charge is 0.255 e. The van der Waals surface area contributed by atoms with Crippen LogP contribution in [0.15, 0.2) is 64.9 Å². The second kappa shape index (κ2) is 8.77. The third-order valence-corrected chi connectivity index (χ3v) is 6.24. The van der Waals surface area contributed by atoms with Crippen LogP contribution < -0.4 is 10.6 Å². The van der Waals surface area contributed by atoms with E-state index in [4.69, 9.17) is 11.6 Å². The predicted octanol–water partition coefficient (Wildman–Crippen LogP) is 4.24. The molecular weight excluding hydrogens is 432 g/mol. The van der Waals surface area contributed by atoms with Crippen molar-refractivity contribution in [3.8, 4) is 0 Å². The number of hydrogen-bond acceptors (Lipinski definition) is 5. The number of nitrogens with one attached hydrogen (secondary N) is 2. The highest BCUT2D eigenvalue weighted by molar-refractivity contribution is 7.90. The summed E-state index contributed by atoms with van der Waals surface area (Å²) in [6.07, 6.45) is 1.34. The topological polar surface area (TPSA) is 92.3 Å². The van der Waals surface area contributed by atoms with Crippen LogP contribution in [0.1, 0.15) is 15.2 Å². The summed E-state index contributed by atoms with van der Waals surface area (Å²) in [4.78, 5) is 25.5. The monoisotopic (exact) mass is 448 g/mol. The van der Waals surface area contributed by atoms with Crippen LogP contribution in [0.4, 0.5) is 11.4 Å². The number of sulfone groups is 1. The predicted molar refractivity (Wildman–Crippen MR) is 116 cm³/mol. The molecule has 2 N–H and O–H groups in total. The lowest BCUT2D eigenvalue weighted by molar-refractivity contribution is -0.115. The van der Waals surface area contributed by atoms with Gasteiger partial charge in [-0.05, 0) is 47.8 Å². The van der Waals surface area contributed by atoms with E-state index in [1.54, 1.807) is 12.1 Å². The molecule has 0 unspecified atom stereocenters. The first-order valence-electron chi connectivity index (χ1n) is 8.45. The maximum Gasteiger partial charge on any atom is 0.255 e. The van der Waals surface area contributed by atoms with Gasteiger partial charge in [0.25, 0.3) is 5.91 Å². The maximum absolute atomic E-state index is 12.5. The van der Waals surface area contributed by atoms with E-state index in [0.29, 0.717) is 11.4 Å². The summed E-state index contributed by atoms with van der Waals surface area (Å²) in [5.41, 5.74) is 1.05. The van der Waals surface area contributed by atoms with Gasteiger partial charge in [0.05, 0.1) is 22.0 Å². The second-order valence-electron chi connectivity index (χ2n) is 6.25. The lowest BCUT2D eigenvalue weighted by Crippen LogP contribution is -2.15. The summed E-state index contributed by atoms with van der Waals surface area (Å²) in [7, 11) is -3.42. The van der Waals surface area contributed by atoms with Crippen LogP contribution in [-0.2, 0) is 21.1 Å². The van der Waals surface area contributed by atoms with Crippen molar-refractivity contribution in [3.05, 3.63) is 75.4 Å². The van der Waals surface area contributed by atoms with E-state index >= 15 is 0 Å². The zero-order valence-electron chi connectivity index (χ0n) is 15.3. The molecule has 9 heteroatoms. The first-order chi connectivity index (χ1) is 13.7. The zero-order valence-corrected chi connectivity index (χ0v) is 17.7. The highest BCUT2D eigenvalue weighted by Gasteiger charge is 2.14. The number of rotatable bonds is 6. The molecule has 150 valence electrons. The number of thiophene rings is 1. The molecule has 6 nitrogen and oxygen atoms in total. The lowest BCUT2D eigenvalue weighted by Gasteiger charge is -2.10. The van der Waals surface area contributed by atoms with Crippen molar-refractivity contribution in [1.29, 1.82) is 0 Å². The van der Waals surface area contributed by atoms with E-state index in [0.717, 1.165) is 11.1 Å². The Bertz CT molecular complexity index is 1160. The number of carbonyl (C=O) groups is 2. The minimum atomic E-state index is -3.42. The fourth-order valence-electron chi connectivity index (χ4n) is 2.53. The van der Waals surface area contributed by atoms with Gasteiger partial charge in [0.1, 0.15) is 0 Å². The zero-order chi connectivity index (χ0) is 21.0. The van der Waals surface area contributed by atoms with E-state index in [-0.39, 0.29) is 27.8 Å². The number of anilines is 2. The minimum absolute atomic E-state index is 0.0556. The molecule has 0 spiro atoms. The van der Waals surface area contributed by atoms with Crippen LogP contribution in [-0.4, -0.2) is 26.5 Å². The minimum Gasteiger partial charge on any atom is -0.326 e. The Labute approximate surface area is 177 Å². The molecule has 29 heavy (non-hydrogen) atoms. The van der Waals surface area contributed by atoms with Crippen LogP contribution in [0.5, 0.6) is 0 Å². The molecule has 1 heterocycles. The van der Waals surface area contributed by atoms with Gasteiger partial charge in [-0.2, -0.15) is 0 Å². The van der Waals surface area contributed by atoms with Crippen molar-refractivity contribution in [1.82, 2.24) is 0 Å². The third-order valence-electron chi connectivity index (χ3n) is 3.94. The van der Waals surface area contributed by atoms with Gasteiger partial charge in [-0.3, -0.25) is 9.59 Å². The third kappa shape index (κ3) is 5.66. The quantitative estimate of drug-likeness (QED) is 0.590. The number of carbonyl (C=O) groups excluding carboxylic acids is 2. The van der Waals surface area contributed by atoms with Crippen molar-refractivity contribution < 1.29 is 18.0 Å². The van der Waals surface area contributed by atoms with Gasteiger partial charge in [0.2, 0.25) is 5.91 Å². The average Bonchev–Trinajstić information content (AvgIpc) is 3.16. The molecule has 0 bridgehead atoms. The van der Waals surface area contributed by atoms with Gasteiger partial charge in [-0.15, -0.1) is 11.3 Å². The van der Waals surface area contributed by atoms with Gasteiger partial charge in [0.15, 0.2) is 9.84 Å². The molecule has 0 fully saturated rings. The van der Waals surface area contributed by atoms with Crippen molar-refractivity contribution in [3.63, 3.8) is 0 Å². The highest BCUT2D eigenvalue weighted by Crippen LogP contribution is 2.26. The summed E-state index contributed by atoms with van der Waals surface area (Å²) in [6, 6.07) is 14.2. The van der Waals surface area contributed by atoms with E-state index in [9.17, 15) is 18.0 Å².